The standard InChI is InChI=1S/C14H17N3S/c1-9-7-10(5-6-15-9)11-8-12(18)17-13(16-11)14(2,3)4/h5-8H,1-4H3,(H,16,17,18). The van der Waals surface area contributed by atoms with Gasteiger partial charge in [-0.05, 0) is 25.1 Å². The second-order valence-corrected chi connectivity index (χ2v) is 5.84. The molecule has 0 bridgehead atoms. The maximum Gasteiger partial charge on any atom is 0.130 e. The van der Waals surface area contributed by atoms with E-state index in [1.165, 1.54) is 0 Å². The minimum absolute atomic E-state index is 0.0500. The van der Waals surface area contributed by atoms with E-state index in [-0.39, 0.29) is 5.41 Å². The zero-order chi connectivity index (χ0) is 13.3. The highest BCUT2D eigenvalue weighted by molar-refractivity contribution is 7.71. The predicted molar refractivity (Wildman–Crippen MR) is 76.1 cm³/mol. The van der Waals surface area contributed by atoms with Crippen molar-refractivity contribution in [3.63, 3.8) is 0 Å². The van der Waals surface area contributed by atoms with Crippen LogP contribution in [0.5, 0.6) is 0 Å². The van der Waals surface area contributed by atoms with Gasteiger partial charge in [-0.1, -0.05) is 33.0 Å². The van der Waals surface area contributed by atoms with Gasteiger partial charge >= 0.3 is 0 Å². The van der Waals surface area contributed by atoms with Gasteiger partial charge in [0.05, 0.1) is 0 Å². The fourth-order valence-corrected chi connectivity index (χ4v) is 1.89. The number of aryl methyl sites for hydroxylation is 1. The molecule has 0 saturated carbocycles. The van der Waals surface area contributed by atoms with Crippen LogP contribution in [-0.4, -0.2) is 15.0 Å². The second kappa shape index (κ2) is 4.61. The number of nitrogens with one attached hydrogen (secondary N) is 1. The number of H-pyrrole nitrogens is 1. The zero-order valence-corrected chi connectivity index (χ0v) is 11.9. The van der Waals surface area contributed by atoms with Gasteiger partial charge in [0.25, 0.3) is 0 Å². The molecule has 0 saturated heterocycles. The number of aromatic nitrogens is 3. The van der Waals surface area contributed by atoms with E-state index in [9.17, 15) is 0 Å². The Morgan fingerprint density at radius 1 is 1.22 bits per heavy atom. The first-order valence-corrected chi connectivity index (χ1v) is 6.32. The Kier molecular flexibility index (Phi) is 3.30. The SMILES string of the molecule is Cc1cc(-c2cc(=S)nc(C(C)(C)C)[nH]2)ccn1. The van der Waals surface area contributed by atoms with Crippen molar-refractivity contribution in [2.24, 2.45) is 0 Å². The van der Waals surface area contributed by atoms with Gasteiger partial charge in [-0.15, -0.1) is 0 Å². The molecule has 94 valence electrons. The minimum atomic E-state index is -0.0500. The van der Waals surface area contributed by atoms with Gasteiger partial charge in [0, 0.05) is 28.6 Å². The summed E-state index contributed by atoms with van der Waals surface area (Å²) >= 11 is 5.24. The first-order chi connectivity index (χ1) is 8.36. The van der Waals surface area contributed by atoms with Crippen LogP contribution in [0.15, 0.2) is 24.4 Å². The molecule has 0 aliphatic carbocycles. The van der Waals surface area contributed by atoms with Crippen LogP contribution >= 0.6 is 12.2 Å². The Hall–Kier alpha value is -1.55. The summed E-state index contributed by atoms with van der Waals surface area (Å²) in [5.74, 6) is 0.902. The normalized spacial score (nSPS) is 11.6. The third-order valence-corrected chi connectivity index (χ3v) is 2.87. The first kappa shape index (κ1) is 12.9. The highest BCUT2D eigenvalue weighted by Gasteiger charge is 2.17. The van der Waals surface area contributed by atoms with E-state index in [4.69, 9.17) is 12.2 Å². The molecule has 0 radical (unpaired) electrons. The minimum Gasteiger partial charge on any atom is -0.343 e. The second-order valence-electron chi connectivity index (χ2n) is 5.42. The Labute approximate surface area is 112 Å². The number of hydrogen-bond acceptors (Lipinski definition) is 3. The molecule has 2 rings (SSSR count). The summed E-state index contributed by atoms with van der Waals surface area (Å²) in [4.78, 5) is 12.0. The molecule has 0 unspecified atom stereocenters. The summed E-state index contributed by atoms with van der Waals surface area (Å²) < 4.78 is 0.614. The fraction of sp³-hybridized carbons (Fsp3) is 0.357. The van der Waals surface area contributed by atoms with E-state index >= 15 is 0 Å². The van der Waals surface area contributed by atoms with Crippen LogP contribution in [-0.2, 0) is 5.41 Å². The third-order valence-electron chi connectivity index (χ3n) is 2.66. The van der Waals surface area contributed by atoms with Crippen LogP contribution in [0.25, 0.3) is 11.3 Å². The Bertz CT molecular complexity index is 623. The van der Waals surface area contributed by atoms with Gasteiger partial charge in [-0.3, -0.25) is 4.98 Å². The van der Waals surface area contributed by atoms with Gasteiger partial charge in [0.2, 0.25) is 0 Å². The lowest BCUT2D eigenvalue weighted by atomic mass is 9.95. The summed E-state index contributed by atoms with van der Waals surface area (Å²) in [7, 11) is 0. The Morgan fingerprint density at radius 2 is 1.94 bits per heavy atom. The van der Waals surface area contributed by atoms with E-state index in [2.05, 4.69) is 35.7 Å². The lowest BCUT2D eigenvalue weighted by Gasteiger charge is -2.18. The van der Waals surface area contributed by atoms with Crippen LogP contribution < -0.4 is 0 Å². The van der Waals surface area contributed by atoms with Gasteiger partial charge in [0.1, 0.15) is 10.5 Å². The van der Waals surface area contributed by atoms with Crippen LogP contribution in [0.3, 0.4) is 0 Å². The Morgan fingerprint density at radius 3 is 2.56 bits per heavy atom. The quantitative estimate of drug-likeness (QED) is 0.792. The molecule has 3 nitrogen and oxygen atoms in total. The summed E-state index contributed by atoms with van der Waals surface area (Å²) in [6.45, 7) is 8.32. The molecule has 4 heteroatoms. The molecule has 1 N–H and O–H groups in total. The van der Waals surface area contributed by atoms with E-state index in [1.54, 1.807) is 6.20 Å². The smallest absolute Gasteiger partial charge is 0.130 e. The first-order valence-electron chi connectivity index (χ1n) is 5.91. The average Bonchev–Trinajstić information content (AvgIpc) is 2.27. The summed E-state index contributed by atoms with van der Waals surface area (Å²) in [5.41, 5.74) is 3.01. The molecule has 2 aromatic heterocycles. The molecular weight excluding hydrogens is 242 g/mol. The number of rotatable bonds is 1. The van der Waals surface area contributed by atoms with Gasteiger partial charge in [-0.25, -0.2) is 4.98 Å². The van der Waals surface area contributed by atoms with E-state index < -0.39 is 0 Å². The van der Waals surface area contributed by atoms with Crippen LogP contribution in [0.4, 0.5) is 0 Å². The summed E-state index contributed by atoms with van der Waals surface area (Å²) in [5, 5.41) is 0. The van der Waals surface area contributed by atoms with E-state index in [0.29, 0.717) is 4.64 Å². The van der Waals surface area contributed by atoms with Gasteiger partial charge in [-0.2, -0.15) is 0 Å². The maximum absolute atomic E-state index is 5.24. The van der Waals surface area contributed by atoms with Gasteiger partial charge < -0.3 is 4.98 Å². The molecule has 0 amide bonds. The average molecular weight is 259 g/mol. The molecule has 2 aromatic rings. The molecule has 0 atom stereocenters. The molecule has 0 fully saturated rings. The molecule has 0 aliphatic heterocycles. The number of hydrogen-bond donors (Lipinski definition) is 1. The number of pyridine rings is 1. The van der Waals surface area contributed by atoms with Crippen molar-refractivity contribution in [2.45, 2.75) is 33.1 Å². The molecule has 0 aromatic carbocycles. The van der Waals surface area contributed by atoms with Gasteiger partial charge in [0.15, 0.2) is 0 Å². The predicted octanol–water partition coefficient (Wildman–Crippen LogP) is 3.81. The highest BCUT2D eigenvalue weighted by atomic mass is 32.1. The van der Waals surface area contributed by atoms with Crippen LogP contribution in [0, 0.1) is 11.6 Å². The zero-order valence-electron chi connectivity index (χ0n) is 11.1. The molecule has 2 heterocycles. The lowest BCUT2D eigenvalue weighted by Crippen LogP contribution is -2.16. The highest BCUT2D eigenvalue weighted by Crippen LogP contribution is 2.22. The lowest BCUT2D eigenvalue weighted by molar-refractivity contribution is 0.545. The molecule has 0 aliphatic rings. The molecule has 18 heavy (non-hydrogen) atoms. The Balaban J connectivity index is 2.59. The van der Waals surface area contributed by atoms with Crippen LogP contribution in [0.1, 0.15) is 32.3 Å². The van der Waals surface area contributed by atoms with E-state index in [1.807, 2.05) is 25.1 Å². The van der Waals surface area contributed by atoms with Crippen molar-refractivity contribution in [1.82, 2.24) is 15.0 Å². The van der Waals surface area contributed by atoms with Crippen molar-refractivity contribution >= 4 is 12.2 Å². The van der Waals surface area contributed by atoms with Crippen molar-refractivity contribution < 1.29 is 0 Å². The van der Waals surface area contributed by atoms with E-state index in [0.717, 1.165) is 22.8 Å². The maximum atomic E-state index is 5.24. The topological polar surface area (TPSA) is 41.6 Å². The van der Waals surface area contributed by atoms with Crippen molar-refractivity contribution in [3.05, 3.63) is 40.6 Å². The number of nitrogens with zero attached hydrogens (tertiary/aromatic N) is 2. The molecular formula is C14H17N3S. The summed E-state index contributed by atoms with van der Waals surface area (Å²) in [6, 6.07) is 5.90. The largest absolute Gasteiger partial charge is 0.343 e. The van der Waals surface area contributed by atoms with Crippen molar-refractivity contribution in [2.75, 3.05) is 0 Å². The fourth-order valence-electron chi connectivity index (χ4n) is 1.68. The van der Waals surface area contributed by atoms with Crippen molar-refractivity contribution in [3.8, 4) is 11.3 Å². The summed E-state index contributed by atoms with van der Waals surface area (Å²) in [6.07, 6.45) is 1.80. The number of aromatic amines is 1. The molecule has 0 spiro atoms. The third kappa shape index (κ3) is 2.82. The monoisotopic (exact) mass is 259 g/mol. The van der Waals surface area contributed by atoms with Crippen LogP contribution in [0.2, 0.25) is 0 Å². The van der Waals surface area contributed by atoms with Crippen molar-refractivity contribution in [1.29, 1.82) is 0 Å².